The summed E-state index contributed by atoms with van der Waals surface area (Å²) in [7, 11) is 0. The Kier molecular flexibility index (Phi) is 10.9. The molecule has 0 radical (unpaired) electrons. The van der Waals surface area contributed by atoms with Gasteiger partial charge in [-0.15, -0.1) is 68.0 Å². The van der Waals surface area contributed by atoms with Gasteiger partial charge < -0.3 is 0 Å². The Balaban J connectivity index is 0.000000104. The van der Waals surface area contributed by atoms with Crippen LogP contribution in [0.1, 0.15) is 121 Å². The second-order valence-electron chi connectivity index (χ2n) is 17.9. The van der Waals surface area contributed by atoms with E-state index >= 15 is 0 Å². The van der Waals surface area contributed by atoms with Crippen molar-refractivity contribution in [1.82, 2.24) is 0 Å². The zero-order valence-corrected chi connectivity index (χ0v) is 38.8. The van der Waals surface area contributed by atoms with Crippen LogP contribution in [0.5, 0.6) is 0 Å². The lowest BCUT2D eigenvalue weighted by atomic mass is 9.82. The molecule has 0 amide bonds. The molecular weight excluding hydrogens is 805 g/mol. The molecule has 57 heavy (non-hydrogen) atoms. The van der Waals surface area contributed by atoms with Crippen molar-refractivity contribution in [3.63, 3.8) is 0 Å². The van der Waals surface area contributed by atoms with Gasteiger partial charge in [0.25, 0.3) is 0 Å². The molecule has 0 aliphatic heterocycles. The molecule has 6 aromatic heterocycles. The highest BCUT2D eigenvalue weighted by Crippen LogP contribution is 2.45. The van der Waals surface area contributed by atoms with E-state index in [9.17, 15) is 0 Å². The van der Waals surface area contributed by atoms with Crippen molar-refractivity contribution in [3.05, 3.63) is 104 Å². The van der Waals surface area contributed by atoms with Gasteiger partial charge in [-0.3, -0.25) is 0 Å². The second kappa shape index (κ2) is 16.1. The van der Waals surface area contributed by atoms with Gasteiger partial charge in [0.05, 0.1) is 14.1 Å². The van der Waals surface area contributed by atoms with Gasteiger partial charge in [0.1, 0.15) is 0 Å². The summed E-state index contributed by atoms with van der Waals surface area (Å²) in [6.07, 6.45) is 19.6. The molecule has 3 aromatic carbocycles. The van der Waals surface area contributed by atoms with Crippen molar-refractivity contribution in [2.45, 2.75) is 124 Å². The Bertz CT molecular complexity index is 2820. The molecule has 0 atom stereocenters. The van der Waals surface area contributed by atoms with E-state index in [1.807, 2.05) is 68.0 Å². The van der Waals surface area contributed by atoms with E-state index in [4.69, 9.17) is 0 Å². The van der Waals surface area contributed by atoms with Crippen LogP contribution in [-0.4, -0.2) is 0 Å². The Morgan fingerprint density at radius 3 is 1.47 bits per heavy atom. The minimum Gasteiger partial charge on any atom is -0.139 e. The van der Waals surface area contributed by atoms with Gasteiger partial charge in [0.2, 0.25) is 0 Å². The molecule has 3 fully saturated rings. The summed E-state index contributed by atoms with van der Waals surface area (Å²) in [4.78, 5) is 4.30. The van der Waals surface area contributed by atoms with E-state index in [0.29, 0.717) is 5.41 Å². The molecule has 294 valence electrons. The normalized spacial score (nSPS) is 17.5. The van der Waals surface area contributed by atoms with Gasteiger partial charge in [-0.25, -0.2) is 0 Å². The van der Waals surface area contributed by atoms with Crippen molar-refractivity contribution in [2.24, 2.45) is 11.3 Å². The highest BCUT2D eigenvalue weighted by molar-refractivity contribution is 7.33. The lowest BCUT2D eigenvalue weighted by Gasteiger charge is -2.23. The summed E-state index contributed by atoms with van der Waals surface area (Å²) in [6, 6.07) is 28.5. The van der Waals surface area contributed by atoms with Gasteiger partial charge in [-0.2, -0.15) is 0 Å². The first-order valence-corrected chi connectivity index (χ1v) is 26.4. The van der Waals surface area contributed by atoms with Gasteiger partial charge >= 0.3 is 0 Å². The number of hydrogen-bond donors (Lipinski definition) is 0. The molecule has 0 N–H and O–H groups in total. The van der Waals surface area contributed by atoms with Crippen LogP contribution < -0.4 is 0 Å². The third-order valence-electron chi connectivity index (χ3n) is 13.2. The van der Waals surface area contributed by atoms with Crippen molar-refractivity contribution in [3.8, 4) is 0 Å². The molecular formula is C51H54S6. The quantitative estimate of drug-likeness (QED) is 0.162. The topological polar surface area (TPSA) is 0 Å². The predicted octanol–water partition coefficient (Wildman–Crippen LogP) is 18.8. The Hall–Kier alpha value is -2.58. The van der Waals surface area contributed by atoms with Crippen molar-refractivity contribution >= 4 is 126 Å². The monoisotopic (exact) mass is 858 g/mol. The lowest BCUT2D eigenvalue weighted by Crippen LogP contribution is -2.14. The average molecular weight is 859 g/mol. The van der Waals surface area contributed by atoms with Crippen LogP contribution in [0.3, 0.4) is 0 Å². The first-order valence-electron chi connectivity index (χ1n) is 21.5. The van der Waals surface area contributed by atoms with Gasteiger partial charge in [-0.05, 0) is 148 Å². The summed E-state index contributed by atoms with van der Waals surface area (Å²) in [5.74, 6) is 1.77. The van der Waals surface area contributed by atoms with Crippen molar-refractivity contribution in [2.75, 3.05) is 0 Å². The number of fused-ring (bicyclic) bond motifs is 9. The molecule has 6 heteroatoms. The van der Waals surface area contributed by atoms with E-state index < -0.39 is 0 Å². The maximum absolute atomic E-state index is 2.47. The summed E-state index contributed by atoms with van der Waals surface area (Å²) >= 11 is 11.7. The molecule has 3 aliphatic carbocycles. The highest BCUT2D eigenvalue weighted by atomic mass is 32.1. The second-order valence-corrected chi connectivity index (χ2v) is 24.9. The Labute approximate surface area is 362 Å². The minimum atomic E-state index is 0.550. The van der Waals surface area contributed by atoms with E-state index in [0.717, 1.165) is 11.8 Å². The maximum atomic E-state index is 2.47. The standard InChI is InChI=1S/C18H20S2.C17H18S2.C16H16S2/c1-12-9-16-17(19-12)14-10-13(5-6-15(14)20-16)11-18(2)7-3-4-8-18;1-11-8-16-17(18-11)14-10-13(6-7-15(14)19-16)9-12-4-2-3-5-12;1-10-8-15-16(17-10)13-9-12(6-7-14(13)18-15)11-4-2-3-5-11/h5-6,9-10H,3-4,7-8,11H2,1-2H3;6-8,10,12H,2-5,9H2,1H3;6-9,11H,2-5H2,1H3. The van der Waals surface area contributed by atoms with Gasteiger partial charge in [-0.1, -0.05) is 76.5 Å². The number of benzene rings is 3. The van der Waals surface area contributed by atoms with Crippen LogP contribution in [0.4, 0.5) is 0 Å². The van der Waals surface area contributed by atoms with Gasteiger partial charge in [0.15, 0.2) is 0 Å². The third-order valence-corrected chi connectivity index (χ3v) is 20.2. The predicted molar refractivity (Wildman–Crippen MR) is 263 cm³/mol. The van der Waals surface area contributed by atoms with Crippen LogP contribution in [0.2, 0.25) is 0 Å². The number of aryl methyl sites for hydroxylation is 3. The molecule has 6 heterocycles. The first kappa shape index (κ1) is 38.6. The highest BCUT2D eigenvalue weighted by Gasteiger charge is 2.29. The van der Waals surface area contributed by atoms with Crippen LogP contribution in [0.25, 0.3) is 58.5 Å². The number of thiophene rings is 6. The molecule has 9 aromatic rings. The summed E-state index contributed by atoms with van der Waals surface area (Å²) < 4.78 is 13.3. The molecule has 0 spiro atoms. The third kappa shape index (κ3) is 8.05. The fourth-order valence-electron chi connectivity index (χ4n) is 10.3. The van der Waals surface area contributed by atoms with Crippen LogP contribution in [0.15, 0.2) is 72.8 Å². The molecule has 3 saturated carbocycles. The Morgan fingerprint density at radius 1 is 0.474 bits per heavy atom. The first-order chi connectivity index (χ1) is 27.7. The van der Waals surface area contributed by atoms with Gasteiger partial charge in [0, 0.05) is 59.0 Å². The Morgan fingerprint density at radius 2 is 0.930 bits per heavy atom. The molecule has 0 nitrogen and oxygen atoms in total. The van der Waals surface area contributed by atoms with Crippen LogP contribution in [0, 0.1) is 32.1 Å². The van der Waals surface area contributed by atoms with Crippen LogP contribution in [-0.2, 0) is 12.8 Å². The summed E-state index contributed by atoms with van der Waals surface area (Å²) in [5, 5.41) is 4.48. The van der Waals surface area contributed by atoms with E-state index in [-0.39, 0.29) is 0 Å². The minimum absolute atomic E-state index is 0.550. The van der Waals surface area contributed by atoms with E-state index in [2.05, 4.69) is 100 Å². The summed E-state index contributed by atoms with van der Waals surface area (Å²) in [5.41, 5.74) is 5.21. The molecule has 3 aliphatic rings. The molecule has 0 saturated heterocycles. The van der Waals surface area contributed by atoms with Crippen LogP contribution >= 0.6 is 68.0 Å². The molecule has 0 bridgehead atoms. The largest absolute Gasteiger partial charge is 0.139 e. The fraction of sp³-hybridized carbons (Fsp3) is 0.412. The van der Waals surface area contributed by atoms with Crippen molar-refractivity contribution in [1.29, 1.82) is 0 Å². The summed E-state index contributed by atoms with van der Waals surface area (Å²) in [6.45, 7) is 9.12. The zero-order chi connectivity index (χ0) is 38.7. The van der Waals surface area contributed by atoms with Crippen molar-refractivity contribution < 1.29 is 0 Å². The molecule has 12 rings (SSSR count). The smallest absolute Gasteiger partial charge is 0.0532 e. The fourth-order valence-corrected chi connectivity index (χ4v) is 17.5. The molecule has 0 unspecified atom stereocenters. The maximum Gasteiger partial charge on any atom is 0.0532 e. The number of hydrogen-bond acceptors (Lipinski definition) is 6. The average Bonchev–Trinajstić information content (AvgIpc) is 4.03. The van der Waals surface area contributed by atoms with E-state index in [1.54, 1.807) is 11.1 Å². The SMILES string of the molecule is Cc1cc2sc3ccc(C4CCCC4)cc3c2s1.Cc1cc2sc3ccc(CC4(C)CCCC4)cc3c2s1.Cc1cc2sc3ccc(CC4CCCC4)cc3c2s1. The lowest BCUT2D eigenvalue weighted by molar-refractivity contribution is 0.335. The number of rotatable bonds is 5. The zero-order valence-electron chi connectivity index (χ0n) is 33.9. The van der Waals surface area contributed by atoms with E-state index in [1.165, 1.54) is 169 Å².